The second-order valence-electron chi connectivity index (χ2n) is 4.05. The monoisotopic (exact) mass is 158 g/mol. The molecule has 0 bridgehead atoms. The van der Waals surface area contributed by atoms with Gasteiger partial charge in [0.05, 0.1) is 0 Å². The summed E-state index contributed by atoms with van der Waals surface area (Å²) in [5.41, 5.74) is 0.550. The number of hydrogen-bond donors (Lipinski definition) is 1. The smallest absolute Gasteiger partial charge is 0.110 e. The average molecular weight is 158 g/mol. The first-order valence-corrected chi connectivity index (χ1v) is 4.27. The van der Waals surface area contributed by atoms with Gasteiger partial charge < -0.3 is 5.32 Å². The molecule has 2 rings (SSSR count). The van der Waals surface area contributed by atoms with Crippen LogP contribution in [0.3, 0.4) is 0 Å². The maximum Gasteiger partial charge on any atom is 0.110 e. The molecular weight excluding hydrogens is 143 g/mol. The van der Waals surface area contributed by atoms with E-state index in [1.165, 1.54) is 0 Å². The Morgan fingerprint density at radius 2 is 2.18 bits per heavy atom. The summed E-state index contributed by atoms with van der Waals surface area (Å²) in [5, 5.41) is 3.26. The van der Waals surface area contributed by atoms with Gasteiger partial charge in [-0.15, -0.1) is 0 Å². The third-order valence-electron chi connectivity index (χ3n) is 2.63. The first kappa shape index (κ1) is 7.50. The molecule has 0 aromatic carbocycles. The highest BCUT2D eigenvalue weighted by atomic mass is 19.1. The third-order valence-corrected chi connectivity index (χ3v) is 2.63. The van der Waals surface area contributed by atoms with Crippen molar-refractivity contribution >= 4 is 0 Å². The molecular formula is C8H15FN2. The Bertz CT molecular complexity index is 146. The van der Waals surface area contributed by atoms with Gasteiger partial charge in [0.15, 0.2) is 0 Å². The van der Waals surface area contributed by atoms with E-state index in [0.29, 0.717) is 12.0 Å². The average Bonchev–Trinajstić information content (AvgIpc) is 1.71. The second kappa shape index (κ2) is 2.42. The van der Waals surface area contributed by atoms with Crippen LogP contribution in [0.2, 0.25) is 0 Å². The Labute approximate surface area is 66.8 Å². The summed E-state index contributed by atoms with van der Waals surface area (Å²) in [6.45, 7) is 6.75. The van der Waals surface area contributed by atoms with Crippen molar-refractivity contribution in [2.24, 2.45) is 5.41 Å². The molecule has 3 heteroatoms. The Kier molecular flexibility index (Phi) is 1.65. The molecule has 0 aliphatic carbocycles. The Hall–Kier alpha value is -0.150. The maximum atomic E-state index is 12.5. The predicted molar refractivity (Wildman–Crippen MR) is 42.3 cm³/mol. The summed E-state index contributed by atoms with van der Waals surface area (Å²) >= 11 is 0. The molecule has 0 aromatic heterocycles. The number of nitrogens with one attached hydrogen (secondary N) is 1. The molecule has 2 heterocycles. The molecule has 1 unspecified atom stereocenters. The lowest BCUT2D eigenvalue weighted by Crippen LogP contribution is -2.71. The van der Waals surface area contributed by atoms with Crippen LogP contribution in [-0.2, 0) is 0 Å². The molecule has 2 aliphatic rings. The van der Waals surface area contributed by atoms with E-state index in [1.54, 1.807) is 6.92 Å². The standard InChI is InChI=1S/C8H15FN2/c1-7(9)2-11-5-8(6-11)3-10-4-8/h7,10H,2-6H2,1H3. The molecule has 1 spiro atoms. The van der Waals surface area contributed by atoms with E-state index in [9.17, 15) is 4.39 Å². The zero-order chi connectivity index (χ0) is 7.90. The van der Waals surface area contributed by atoms with E-state index < -0.39 is 6.17 Å². The van der Waals surface area contributed by atoms with Crippen LogP contribution in [0.15, 0.2) is 0 Å². The fraction of sp³-hybridized carbons (Fsp3) is 1.00. The quantitative estimate of drug-likeness (QED) is 0.619. The number of nitrogens with zero attached hydrogens (tertiary/aromatic N) is 1. The molecule has 1 atom stereocenters. The van der Waals surface area contributed by atoms with Crippen LogP contribution in [-0.4, -0.2) is 43.8 Å². The zero-order valence-electron chi connectivity index (χ0n) is 6.94. The van der Waals surface area contributed by atoms with E-state index in [2.05, 4.69) is 10.2 Å². The molecule has 0 amide bonds. The fourth-order valence-corrected chi connectivity index (χ4v) is 2.09. The minimum absolute atomic E-state index is 0.550. The van der Waals surface area contributed by atoms with Crippen LogP contribution in [0.1, 0.15) is 6.92 Å². The van der Waals surface area contributed by atoms with Crippen LogP contribution in [0.5, 0.6) is 0 Å². The van der Waals surface area contributed by atoms with Gasteiger partial charge in [-0.2, -0.15) is 0 Å². The third kappa shape index (κ3) is 1.27. The lowest BCUT2D eigenvalue weighted by molar-refractivity contribution is -0.0481. The molecule has 0 radical (unpaired) electrons. The molecule has 0 saturated carbocycles. The van der Waals surface area contributed by atoms with Crippen molar-refractivity contribution < 1.29 is 4.39 Å². The van der Waals surface area contributed by atoms with E-state index in [0.717, 1.165) is 26.2 Å². The van der Waals surface area contributed by atoms with Gasteiger partial charge in [-0.25, -0.2) is 4.39 Å². The maximum absolute atomic E-state index is 12.5. The van der Waals surface area contributed by atoms with Crippen LogP contribution in [0.4, 0.5) is 4.39 Å². The SMILES string of the molecule is CC(F)CN1CC2(CNC2)C1. The predicted octanol–water partition coefficient (Wildman–Crippen LogP) is 0.250. The van der Waals surface area contributed by atoms with Crippen molar-refractivity contribution in [1.29, 1.82) is 0 Å². The summed E-state index contributed by atoms with van der Waals surface area (Å²) in [6.07, 6.45) is -0.666. The Morgan fingerprint density at radius 3 is 2.55 bits per heavy atom. The molecule has 2 saturated heterocycles. The summed E-state index contributed by atoms with van der Waals surface area (Å²) < 4.78 is 12.5. The highest BCUT2D eigenvalue weighted by Crippen LogP contribution is 2.33. The highest BCUT2D eigenvalue weighted by Gasteiger charge is 2.47. The van der Waals surface area contributed by atoms with Crippen molar-refractivity contribution in [3.05, 3.63) is 0 Å². The van der Waals surface area contributed by atoms with Crippen molar-refractivity contribution in [2.45, 2.75) is 13.1 Å². The minimum atomic E-state index is -0.666. The molecule has 11 heavy (non-hydrogen) atoms. The number of alkyl halides is 1. The van der Waals surface area contributed by atoms with E-state index in [4.69, 9.17) is 0 Å². The van der Waals surface area contributed by atoms with Gasteiger partial charge >= 0.3 is 0 Å². The van der Waals surface area contributed by atoms with Gasteiger partial charge in [-0.3, -0.25) is 4.90 Å². The normalized spacial score (nSPS) is 31.1. The van der Waals surface area contributed by atoms with Gasteiger partial charge in [0.1, 0.15) is 6.17 Å². The highest BCUT2D eigenvalue weighted by molar-refractivity contribution is 5.03. The largest absolute Gasteiger partial charge is 0.315 e. The van der Waals surface area contributed by atoms with E-state index in [1.807, 2.05) is 0 Å². The van der Waals surface area contributed by atoms with Crippen molar-refractivity contribution in [3.63, 3.8) is 0 Å². The number of likely N-dealkylation sites (tertiary alicyclic amines) is 1. The van der Waals surface area contributed by atoms with Crippen LogP contribution < -0.4 is 5.32 Å². The van der Waals surface area contributed by atoms with Gasteiger partial charge in [0, 0.05) is 38.1 Å². The van der Waals surface area contributed by atoms with Gasteiger partial charge in [-0.05, 0) is 6.92 Å². The summed E-state index contributed by atoms with van der Waals surface area (Å²) in [6, 6.07) is 0. The summed E-state index contributed by atoms with van der Waals surface area (Å²) in [7, 11) is 0. The molecule has 1 N–H and O–H groups in total. The second-order valence-corrected chi connectivity index (χ2v) is 4.05. The minimum Gasteiger partial charge on any atom is -0.315 e. The zero-order valence-corrected chi connectivity index (χ0v) is 6.94. The molecule has 64 valence electrons. The van der Waals surface area contributed by atoms with Crippen LogP contribution in [0, 0.1) is 5.41 Å². The Balaban J connectivity index is 1.71. The van der Waals surface area contributed by atoms with Crippen LogP contribution >= 0.6 is 0 Å². The summed E-state index contributed by atoms with van der Waals surface area (Å²) in [4.78, 5) is 2.20. The first-order valence-electron chi connectivity index (χ1n) is 4.27. The molecule has 2 fully saturated rings. The topological polar surface area (TPSA) is 15.3 Å². The van der Waals surface area contributed by atoms with E-state index >= 15 is 0 Å². The van der Waals surface area contributed by atoms with Crippen LogP contribution in [0.25, 0.3) is 0 Å². The molecule has 2 aliphatic heterocycles. The first-order chi connectivity index (χ1) is 5.20. The van der Waals surface area contributed by atoms with E-state index in [-0.39, 0.29) is 0 Å². The van der Waals surface area contributed by atoms with Gasteiger partial charge in [-0.1, -0.05) is 0 Å². The number of hydrogen-bond acceptors (Lipinski definition) is 2. The van der Waals surface area contributed by atoms with Gasteiger partial charge in [0.2, 0.25) is 0 Å². The molecule has 2 nitrogen and oxygen atoms in total. The Morgan fingerprint density at radius 1 is 1.55 bits per heavy atom. The number of rotatable bonds is 2. The van der Waals surface area contributed by atoms with Crippen molar-refractivity contribution in [1.82, 2.24) is 10.2 Å². The van der Waals surface area contributed by atoms with Gasteiger partial charge in [0.25, 0.3) is 0 Å². The van der Waals surface area contributed by atoms with Crippen molar-refractivity contribution in [2.75, 3.05) is 32.7 Å². The fourth-order valence-electron chi connectivity index (χ4n) is 2.09. The summed E-state index contributed by atoms with van der Waals surface area (Å²) in [5.74, 6) is 0. The lowest BCUT2D eigenvalue weighted by Gasteiger charge is -2.56. The van der Waals surface area contributed by atoms with Crippen molar-refractivity contribution in [3.8, 4) is 0 Å². The lowest BCUT2D eigenvalue weighted by atomic mass is 9.74. The number of halogens is 1. The molecule has 0 aromatic rings.